The van der Waals surface area contributed by atoms with E-state index >= 15 is 0 Å². The number of thioether (sulfide) groups is 1. The molecule has 5 nitrogen and oxygen atoms in total. The summed E-state index contributed by atoms with van der Waals surface area (Å²) in [5.74, 6) is 0.185. The first-order valence-corrected chi connectivity index (χ1v) is 11.4. The molecule has 2 aliphatic carbocycles. The third-order valence-corrected chi connectivity index (χ3v) is 7.73. The van der Waals surface area contributed by atoms with Crippen LogP contribution in [0.1, 0.15) is 63.3 Å². The maximum atomic E-state index is 13.1. The minimum atomic E-state index is -0.833. The van der Waals surface area contributed by atoms with Crippen molar-refractivity contribution in [1.29, 1.82) is 0 Å². The Morgan fingerprint density at radius 1 is 1.19 bits per heavy atom. The molecule has 1 heterocycles. The lowest BCUT2D eigenvalue weighted by Gasteiger charge is -2.40. The molecule has 3 rings (SSSR count). The number of rotatable bonds is 7. The average Bonchev–Trinajstić information content (AvgIpc) is 3.27. The number of amides is 1. The Labute approximate surface area is 163 Å². The van der Waals surface area contributed by atoms with Crippen LogP contribution in [0.3, 0.4) is 0 Å². The quantitative estimate of drug-likeness (QED) is 0.699. The summed E-state index contributed by atoms with van der Waals surface area (Å²) in [5.41, 5.74) is 0. The van der Waals surface area contributed by atoms with Crippen molar-refractivity contribution in [2.45, 2.75) is 81.0 Å². The number of carboxylic acids is 1. The van der Waals surface area contributed by atoms with E-state index in [9.17, 15) is 9.59 Å². The molecule has 1 N–H and O–H groups in total. The number of hydrogen-bond acceptors (Lipinski definition) is 5. The lowest BCUT2D eigenvalue weighted by Crippen LogP contribution is -2.48. The number of aromatic nitrogens is 1. The maximum Gasteiger partial charge on any atom is 0.313 e. The lowest BCUT2D eigenvalue weighted by atomic mass is 9.85. The fourth-order valence-corrected chi connectivity index (χ4v) is 5.94. The zero-order valence-corrected chi connectivity index (χ0v) is 17.0. The molecule has 144 valence electrons. The molecule has 1 aromatic heterocycles. The Hall–Kier alpha value is -1.08. The van der Waals surface area contributed by atoms with Crippen LogP contribution in [0.15, 0.2) is 10.4 Å². The van der Waals surface area contributed by atoms with Crippen LogP contribution < -0.4 is 0 Å². The van der Waals surface area contributed by atoms with Gasteiger partial charge >= 0.3 is 5.97 Å². The van der Waals surface area contributed by atoms with E-state index < -0.39 is 5.97 Å². The molecule has 2 aliphatic rings. The molecule has 7 heteroatoms. The Bertz CT molecular complexity index is 620. The second-order valence-corrected chi connectivity index (χ2v) is 9.98. The highest BCUT2D eigenvalue weighted by molar-refractivity contribution is 8.01. The van der Waals surface area contributed by atoms with E-state index in [0.29, 0.717) is 18.5 Å². The molecule has 2 fully saturated rings. The molecule has 0 atom stereocenters. The van der Waals surface area contributed by atoms with Crippen LogP contribution in [0.5, 0.6) is 0 Å². The zero-order valence-electron chi connectivity index (χ0n) is 15.4. The van der Waals surface area contributed by atoms with Crippen LogP contribution in [-0.4, -0.2) is 44.7 Å². The smallest absolute Gasteiger partial charge is 0.313 e. The number of carbonyl (C=O) groups excluding carboxylic acids is 1. The molecule has 26 heavy (non-hydrogen) atoms. The first-order valence-electron chi connectivity index (χ1n) is 9.63. The summed E-state index contributed by atoms with van der Waals surface area (Å²) < 4.78 is 0.870. The molecule has 2 saturated carbocycles. The van der Waals surface area contributed by atoms with Crippen LogP contribution in [-0.2, 0) is 16.0 Å². The van der Waals surface area contributed by atoms with Gasteiger partial charge in [-0.1, -0.05) is 19.8 Å². The van der Waals surface area contributed by atoms with E-state index in [1.165, 1.54) is 48.8 Å². The van der Waals surface area contributed by atoms with E-state index in [4.69, 9.17) is 5.11 Å². The van der Waals surface area contributed by atoms with E-state index in [2.05, 4.69) is 16.8 Å². The molecule has 0 aliphatic heterocycles. The first kappa shape index (κ1) is 19.7. The lowest BCUT2D eigenvalue weighted by molar-refractivity contribution is -0.136. The largest absolute Gasteiger partial charge is 0.481 e. The molecule has 0 radical (unpaired) electrons. The normalized spacial score (nSPS) is 23.9. The van der Waals surface area contributed by atoms with Crippen molar-refractivity contribution in [3.63, 3.8) is 0 Å². The van der Waals surface area contributed by atoms with E-state index in [1.807, 2.05) is 0 Å². The Morgan fingerprint density at radius 2 is 1.85 bits per heavy atom. The second kappa shape index (κ2) is 9.22. The standard InChI is InChI=1S/C19H28N2O3S2/c1-13-6-8-15(9-7-13)21(14-4-2-3-5-14)17(22)10-16-20-11-19(26-16)25-12-18(23)24/h11,13-15H,2-10,12H2,1H3,(H,23,24). The molecule has 0 bridgehead atoms. The number of hydrogen-bond donors (Lipinski definition) is 1. The summed E-state index contributed by atoms with van der Waals surface area (Å²) in [7, 11) is 0. The highest BCUT2D eigenvalue weighted by atomic mass is 32.2. The monoisotopic (exact) mass is 396 g/mol. The van der Waals surface area contributed by atoms with Crippen molar-refractivity contribution in [3.05, 3.63) is 11.2 Å². The molecule has 0 spiro atoms. The first-order chi connectivity index (χ1) is 12.5. The summed E-state index contributed by atoms with van der Waals surface area (Å²) in [4.78, 5) is 30.4. The fourth-order valence-electron chi connectivity index (χ4n) is 4.20. The Morgan fingerprint density at radius 3 is 2.50 bits per heavy atom. The number of nitrogens with zero attached hydrogens (tertiary/aromatic N) is 2. The molecular weight excluding hydrogens is 368 g/mol. The van der Waals surface area contributed by atoms with Gasteiger partial charge < -0.3 is 10.0 Å². The maximum absolute atomic E-state index is 13.1. The molecule has 0 saturated heterocycles. The summed E-state index contributed by atoms with van der Waals surface area (Å²) in [5, 5.41) is 9.59. The molecule has 0 unspecified atom stereocenters. The van der Waals surface area contributed by atoms with Crippen molar-refractivity contribution < 1.29 is 14.7 Å². The number of carbonyl (C=O) groups is 2. The van der Waals surface area contributed by atoms with Gasteiger partial charge in [-0.3, -0.25) is 9.59 Å². The average molecular weight is 397 g/mol. The van der Waals surface area contributed by atoms with Gasteiger partial charge in [0.1, 0.15) is 5.01 Å². The van der Waals surface area contributed by atoms with Gasteiger partial charge in [-0.05, 0) is 44.4 Å². The van der Waals surface area contributed by atoms with Crippen molar-refractivity contribution in [2.75, 3.05) is 5.75 Å². The molecule has 0 aromatic carbocycles. The summed E-state index contributed by atoms with van der Waals surface area (Å²) in [6.07, 6.45) is 11.5. The van der Waals surface area contributed by atoms with Crippen LogP contribution in [0.4, 0.5) is 0 Å². The van der Waals surface area contributed by atoms with Gasteiger partial charge in [0.2, 0.25) is 5.91 Å². The highest BCUT2D eigenvalue weighted by Crippen LogP contribution is 2.34. The van der Waals surface area contributed by atoms with Gasteiger partial charge in [0.15, 0.2) is 0 Å². The molecule has 1 aromatic rings. The predicted octanol–water partition coefficient (Wildman–Crippen LogP) is 4.21. The van der Waals surface area contributed by atoms with Crippen molar-refractivity contribution in [2.24, 2.45) is 5.92 Å². The second-order valence-electron chi connectivity index (χ2n) is 7.59. The van der Waals surface area contributed by atoms with Gasteiger partial charge in [0, 0.05) is 12.1 Å². The van der Waals surface area contributed by atoms with Crippen LogP contribution in [0, 0.1) is 5.92 Å². The minimum Gasteiger partial charge on any atom is -0.481 e. The SMILES string of the molecule is CC1CCC(N(C(=O)Cc2ncc(SCC(=O)O)s2)C2CCCC2)CC1. The van der Waals surface area contributed by atoms with Crippen LogP contribution in [0.25, 0.3) is 0 Å². The summed E-state index contributed by atoms with van der Waals surface area (Å²) in [6, 6.07) is 0.796. The van der Waals surface area contributed by atoms with Gasteiger partial charge in [0.05, 0.1) is 22.6 Å². The van der Waals surface area contributed by atoms with E-state index in [1.54, 1.807) is 6.20 Å². The number of carboxylic acid groups (broad SMARTS) is 1. The van der Waals surface area contributed by atoms with Crippen molar-refractivity contribution >= 4 is 35.0 Å². The Balaban J connectivity index is 1.64. The van der Waals surface area contributed by atoms with Gasteiger partial charge in [0.25, 0.3) is 0 Å². The van der Waals surface area contributed by atoms with E-state index in [-0.39, 0.29) is 11.7 Å². The third-order valence-electron chi connectivity index (χ3n) is 5.56. The van der Waals surface area contributed by atoms with Gasteiger partial charge in [-0.15, -0.1) is 23.1 Å². The minimum absolute atomic E-state index is 0.0318. The molecular formula is C19H28N2O3S2. The summed E-state index contributed by atoms with van der Waals surface area (Å²) >= 11 is 2.72. The molecule has 1 amide bonds. The highest BCUT2D eigenvalue weighted by Gasteiger charge is 2.34. The third kappa shape index (κ3) is 5.22. The van der Waals surface area contributed by atoms with Crippen LogP contribution in [0.2, 0.25) is 0 Å². The number of aliphatic carboxylic acids is 1. The summed E-state index contributed by atoms with van der Waals surface area (Å²) in [6.45, 7) is 2.31. The predicted molar refractivity (Wildman–Crippen MR) is 105 cm³/mol. The van der Waals surface area contributed by atoms with Crippen LogP contribution >= 0.6 is 23.1 Å². The fraction of sp³-hybridized carbons (Fsp3) is 0.737. The zero-order chi connectivity index (χ0) is 18.5. The van der Waals surface area contributed by atoms with Gasteiger partial charge in [-0.25, -0.2) is 4.98 Å². The topological polar surface area (TPSA) is 70.5 Å². The number of thiazole rings is 1. The van der Waals surface area contributed by atoms with Gasteiger partial charge in [-0.2, -0.15) is 0 Å². The van der Waals surface area contributed by atoms with Crippen molar-refractivity contribution in [3.8, 4) is 0 Å². The Kier molecular flexibility index (Phi) is 6.98. The van der Waals surface area contributed by atoms with Crippen molar-refractivity contribution in [1.82, 2.24) is 9.88 Å². The van der Waals surface area contributed by atoms with E-state index in [0.717, 1.165) is 40.8 Å².